The average Bonchev–Trinajstić information content (AvgIpc) is 2.79. The zero-order valence-corrected chi connectivity index (χ0v) is 9.86. The van der Waals surface area contributed by atoms with E-state index in [1.54, 1.807) is 18.3 Å². The number of unbranched alkanes of at least 4 members (excludes halogenated alkanes) is 2. The summed E-state index contributed by atoms with van der Waals surface area (Å²) in [6.07, 6.45) is 5.93. The molecule has 2 aromatic heterocycles. The molecule has 0 aliphatic carbocycles. The van der Waals surface area contributed by atoms with Gasteiger partial charge in [0, 0.05) is 12.6 Å². The fourth-order valence-corrected chi connectivity index (χ4v) is 1.67. The van der Waals surface area contributed by atoms with Crippen LogP contribution in [-0.4, -0.2) is 20.2 Å². The lowest BCUT2D eigenvalue weighted by atomic mass is 10.2. The molecule has 0 radical (unpaired) electrons. The van der Waals surface area contributed by atoms with Gasteiger partial charge in [0.2, 0.25) is 0 Å². The second kappa shape index (κ2) is 5.43. The highest BCUT2D eigenvalue weighted by Gasteiger charge is 2.08. The molecule has 0 aliphatic rings. The Kier molecular flexibility index (Phi) is 3.69. The fourth-order valence-electron chi connectivity index (χ4n) is 1.67. The minimum atomic E-state index is -0.161. The SMILES string of the molecule is CCCCCc1nc(-c2ccc[nH]c2=O)n[nH]1. The van der Waals surface area contributed by atoms with Crippen molar-refractivity contribution in [3.8, 4) is 11.4 Å². The number of aromatic nitrogens is 4. The van der Waals surface area contributed by atoms with Gasteiger partial charge in [-0.3, -0.25) is 9.89 Å². The molecule has 0 fully saturated rings. The number of hydrogen-bond donors (Lipinski definition) is 2. The van der Waals surface area contributed by atoms with Crippen LogP contribution in [0.25, 0.3) is 11.4 Å². The summed E-state index contributed by atoms with van der Waals surface area (Å²) in [5.74, 6) is 1.31. The van der Waals surface area contributed by atoms with E-state index >= 15 is 0 Å². The minimum Gasteiger partial charge on any atom is -0.328 e. The molecule has 90 valence electrons. The number of H-pyrrole nitrogens is 2. The van der Waals surface area contributed by atoms with E-state index in [0.29, 0.717) is 11.4 Å². The first kappa shape index (κ1) is 11.6. The van der Waals surface area contributed by atoms with E-state index in [-0.39, 0.29) is 5.56 Å². The van der Waals surface area contributed by atoms with Crippen LogP contribution in [0.15, 0.2) is 23.1 Å². The molecule has 0 aliphatic heterocycles. The second-order valence-corrected chi connectivity index (χ2v) is 3.98. The molecule has 5 nitrogen and oxygen atoms in total. The van der Waals surface area contributed by atoms with Gasteiger partial charge >= 0.3 is 0 Å². The third-order valence-electron chi connectivity index (χ3n) is 2.61. The number of hydrogen-bond acceptors (Lipinski definition) is 3. The summed E-state index contributed by atoms with van der Waals surface area (Å²) in [6, 6.07) is 3.49. The molecule has 2 N–H and O–H groups in total. The summed E-state index contributed by atoms with van der Waals surface area (Å²) < 4.78 is 0. The Labute approximate surface area is 99.3 Å². The number of aryl methyl sites for hydroxylation is 1. The quantitative estimate of drug-likeness (QED) is 0.773. The molecular weight excluding hydrogens is 216 g/mol. The van der Waals surface area contributed by atoms with Gasteiger partial charge in [0.15, 0.2) is 5.82 Å². The van der Waals surface area contributed by atoms with Crippen molar-refractivity contribution in [1.82, 2.24) is 20.2 Å². The molecule has 0 atom stereocenters. The van der Waals surface area contributed by atoms with E-state index in [9.17, 15) is 4.79 Å². The lowest BCUT2D eigenvalue weighted by Gasteiger charge is -1.93. The summed E-state index contributed by atoms with van der Waals surface area (Å²) >= 11 is 0. The third kappa shape index (κ3) is 2.81. The maximum atomic E-state index is 11.5. The molecule has 0 unspecified atom stereocenters. The third-order valence-corrected chi connectivity index (χ3v) is 2.61. The number of aromatic amines is 2. The van der Waals surface area contributed by atoms with Gasteiger partial charge in [-0.05, 0) is 18.6 Å². The summed E-state index contributed by atoms with van der Waals surface area (Å²) in [5, 5.41) is 6.95. The Morgan fingerprint density at radius 3 is 3.00 bits per heavy atom. The summed E-state index contributed by atoms with van der Waals surface area (Å²) in [5.41, 5.74) is 0.345. The molecule has 0 aromatic carbocycles. The summed E-state index contributed by atoms with van der Waals surface area (Å²) in [7, 11) is 0. The van der Waals surface area contributed by atoms with Crippen molar-refractivity contribution in [2.45, 2.75) is 32.6 Å². The molecule has 2 aromatic rings. The van der Waals surface area contributed by atoms with E-state index in [2.05, 4.69) is 27.1 Å². The van der Waals surface area contributed by atoms with Crippen LogP contribution >= 0.6 is 0 Å². The highest BCUT2D eigenvalue weighted by atomic mass is 16.1. The molecular formula is C12H16N4O. The molecule has 0 saturated carbocycles. The predicted molar refractivity (Wildman–Crippen MR) is 65.7 cm³/mol. The van der Waals surface area contributed by atoms with E-state index < -0.39 is 0 Å². The molecule has 0 spiro atoms. The summed E-state index contributed by atoms with van der Waals surface area (Å²) in [6.45, 7) is 2.16. The Balaban J connectivity index is 2.13. The van der Waals surface area contributed by atoms with Gasteiger partial charge < -0.3 is 4.98 Å². The van der Waals surface area contributed by atoms with Gasteiger partial charge in [0.05, 0.1) is 5.56 Å². The predicted octanol–water partition coefficient (Wildman–Crippen LogP) is 1.89. The zero-order chi connectivity index (χ0) is 12.1. The van der Waals surface area contributed by atoms with Crippen LogP contribution in [0.5, 0.6) is 0 Å². The number of nitrogens with zero attached hydrogens (tertiary/aromatic N) is 2. The highest BCUT2D eigenvalue weighted by Crippen LogP contribution is 2.09. The largest absolute Gasteiger partial charge is 0.328 e. The van der Waals surface area contributed by atoms with Crippen molar-refractivity contribution in [3.05, 3.63) is 34.5 Å². The molecule has 2 heterocycles. The van der Waals surface area contributed by atoms with Crippen LogP contribution in [0.3, 0.4) is 0 Å². The van der Waals surface area contributed by atoms with Crippen LogP contribution in [0.1, 0.15) is 32.0 Å². The van der Waals surface area contributed by atoms with Crippen LogP contribution in [0.4, 0.5) is 0 Å². The smallest absolute Gasteiger partial charge is 0.259 e. The fraction of sp³-hybridized carbons (Fsp3) is 0.417. The summed E-state index contributed by atoms with van der Waals surface area (Å²) in [4.78, 5) is 18.5. The van der Waals surface area contributed by atoms with Crippen molar-refractivity contribution < 1.29 is 0 Å². The van der Waals surface area contributed by atoms with Crippen molar-refractivity contribution >= 4 is 0 Å². The normalized spacial score (nSPS) is 10.6. The Bertz CT molecular complexity index is 529. The monoisotopic (exact) mass is 232 g/mol. The first-order valence-electron chi connectivity index (χ1n) is 5.90. The molecule has 0 saturated heterocycles. The van der Waals surface area contributed by atoms with Gasteiger partial charge in [0.25, 0.3) is 5.56 Å². The maximum absolute atomic E-state index is 11.5. The lowest BCUT2D eigenvalue weighted by Crippen LogP contribution is -2.07. The van der Waals surface area contributed by atoms with E-state index in [4.69, 9.17) is 0 Å². The van der Waals surface area contributed by atoms with Crippen molar-refractivity contribution in [1.29, 1.82) is 0 Å². The van der Waals surface area contributed by atoms with Gasteiger partial charge in [0.1, 0.15) is 5.82 Å². The number of rotatable bonds is 5. The van der Waals surface area contributed by atoms with E-state index in [0.717, 1.165) is 18.7 Å². The first-order chi connectivity index (χ1) is 8.31. The molecule has 0 bridgehead atoms. The van der Waals surface area contributed by atoms with Crippen molar-refractivity contribution in [2.24, 2.45) is 0 Å². The van der Waals surface area contributed by atoms with Gasteiger partial charge in [-0.1, -0.05) is 19.8 Å². The first-order valence-corrected chi connectivity index (χ1v) is 5.90. The second-order valence-electron chi connectivity index (χ2n) is 3.98. The maximum Gasteiger partial charge on any atom is 0.259 e. The van der Waals surface area contributed by atoms with Gasteiger partial charge in [-0.25, -0.2) is 4.98 Å². The van der Waals surface area contributed by atoms with E-state index in [1.807, 2.05) is 0 Å². The van der Waals surface area contributed by atoms with Crippen molar-refractivity contribution in [3.63, 3.8) is 0 Å². The van der Waals surface area contributed by atoms with Crippen molar-refractivity contribution in [2.75, 3.05) is 0 Å². The molecule has 17 heavy (non-hydrogen) atoms. The van der Waals surface area contributed by atoms with Crippen LogP contribution < -0.4 is 5.56 Å². The van der Waals surface area contributed by atoms with Gasteiger partial charge in [-0.15, -0.1) is 0 Å². The Morgan fingerprint density at radius 2 is 2.24 bits per heavy atom. The number of nitrogens with one attached hydrogen (secondary N) is 2. The average molecular weight is 232 g/mol. The lowest BCUT2D eigenvalue weighted by molar-refractivity contribution is 0.695. The Hall–Kier alpha value is -1.91. The van der Waals surface area contributed by atoms with Crippen LogP contribution in [0.2, 0.25) is 0 Å². The Morgan fingerprint density at radius 1 is 1.35 bits per heavy atom. The zero-order valence-electron chi connectivity index (χ0n) is 9.86. The standard InChI is InChI=1S/C12H16N4O/c1-2-3-4-7-10-14-11(16-15-10)9-6-5-8-13-12(9)17/h5-6,8H,2-4,7H2,1H3,(H,13,17)(H,14,15,16). The van der Waals surface area contributed by atoms with E-state index in [1.165, 1.54) is 12.8 Å². The van der Waals surface area contributed by atoms with Gasteiger partial charge in [-0.2, -0.15) is 5.10 Å². The topological polar surface area (TPSA) is 74.4 Å². The molecule has 2 rings (SSSR count). The highest BCUT2D eigenvalue weighted by molar-refractivity contribution is 5.52. The molecule has 0 amide bonds. The molecule has 5 heteroatoms. The van der Waals surface area contributed by atoms with Crippen LogP contribution in [-0.2, 0) is 6.42 Å². The number of pyridine rings is 1. The van der Waals surface area contributed by atoms with Crippen LogP contribution in [0, 0.1) is 0 Å². The minimum absolute atomic E-state index is 0.161.